The molecular formula is C22H23N3OS. The molecule has 1 N–H and O–H groups in total. The molecule has 2 aromatic carbocycles. The molecule has 0 atom stereocenters. The number of carbonyl (C=O) groups is 1. The third kappa shape index (κ3) is 3.78. The van der Waals surface area contributed by atoms with Crippen LogP contribution in [0.1, 0.15) is 18.4 Å². The van der Waals surface area contributed by atoms with Crippen molar-refractivity contribution in [2.24, 2.45) is 0 Å². The summed E-state index contributed by atoms with van der Waals surface area (Å²) < 4.78 is 2.10. The minimum absolute atomic E-state index is 0.0550. The van der Waals surface area contributed by atoms with Gasteiger partial charge in [-0.2, -0.15) is 0 Å². The summed E-state index contributed by atoms with van der Waals surface area (Å²) in [6.45, 7) is 5.22. The number of imidazole rings is 1. The third-order valence-corrected chi connectivity index (χ3v) is 6.10. The average Bonchev–Trinajstić information content (AvgIpc) is 3.43. The van der Waals surface area contributed by atoms with E-state index in [1.165, 1.54) is 17.3 Å². The zero-order valence-electron chi connectivity index (χ0n) is 15.2. The number of fused-ring (bicyclic) bond motifs is 1. The van der Waals surface area contributed by atoms with Crippen LogP contribution in [0, 0.1) is 0 Å². The highest BCUT2D eigenvalue weighted by Gasteiger charge is 2.44. The van der Waals surface area contributed by atoms with Gasteiger partial charge in [0.25, 0.3) is 0 Å². The van der Waals surface area contributed by atoms with E-state index in [0.717, 1.165) is 29.0 Å². The number of aromatic nitrogens is 2. The Kier molecular flexibility index (Phi) is 5.03. The number of allylic oxidation sites excluding steroid dienone is 1. The number of hydrogen-bond acceptors (Lipinski definition) is 3. The van der Waals surface area contributed by atoms with E-state index in [1.807, 2.05) is 36.4 Å². The predicted octanol–water partition coefficient (Wildman–Crippen LogP) is 4.16. The monoisotopic (exact) mass is 377 g/mol. The maximum absolute atomic E-state index is 12.4. The minimum Gasteiger partial charge on any atom is -0.354 e. The lowest BCUT2D eigenvalue weighted by Gasteiger charge is -2.16. The summed E-state index contributed by atoms with van der Waals surface area (Å²) in [5.41, 5.74) is 3.48. The first kappa shape index (κ1) is 17.9. The molecule has 1 aromatic heterocycles. The van der Waals surface area contributed by atoms with Crippen molar-refractivity contribution < 1.29 is 4.79 Å². The Morgan fingerprint density at radius 1 is 1.19 bits per heavy atom. The van der Waals surface area contributed by atoms with Crippen molar-refractivity contribution in [2.75, 3.05) is 12.3 Å². The molecule has 1 fully saturated rings. The van der Waals surface area contributed by atoms with Crippen molar-refractivity contribution in [1.82, 2.24) is 14.9 Å². The largest absolute Gasteiger partial charge is 0.354 e. The molecular weight excluding hydrogens is 354 g/mol. The number of carbonyl (C=O) groups excluding carboxylic acids is 1. The first-order valence-electron chi connectivity index (χ1n) is 9.23. The van der Waals surface area contributed by atoms with Crippen LogP contribution in [0.25, 0.3) is 11.0 Å². The Balaban J connectivity index is 1.38. The van der Waals surface area contributed by atoms with Gasteiger partial charge in [0.2, 0.25) is 5.91 Å². The van der Waals surface area contributed by atoms with E-state index >= 15 is 0 Å². The number of amides is 1. The Hall–Kier alpha value is -2.53. The molecule has 1 amide bonds. The van der Waals surface area contributed by atoms with Crippen LogP contribution in [0.4, 0.5) is 0 Å². The predicted molar refractivity (Wildman–Crippen MR) is 111 cm³/mol. The zero-order chi connectivity index (χ0) is 18.7. The first-order chi connectivity index (χ1) is 13.2. The third-order valence-electron chi connectivity index (χ3n) is 5.13. The van der Waals surface area contributed by atoms with Crippen LogP contribution in [0.5, 0.6) is 0 Å². The summed E-state index contributed by atoms with van der Waals surface area (Å²) in [5.74, 6) is 0.421. The number of hydrogen-bond donors (Lipinski definition) is 1. The minimum atomic E-state index is 0.0550. The number of para-hydroxylation sites is 2. The van der Waals surface area contributed by atoms with E-state index < -0.39 is 0 Å². The molecule has 1 saturated carbocycles. The van der Waals surface area contributed by atoms with E-state index in [1.54, 1.807) is 0 Å². The van der Waals surface area contributed by atoms with Gasteiger partial charge in [0.05, 0.1) is 16.8 Å². The van der Waals surface area contributed by atoms with E-state index in [4.69, 9.17) is 0 Å². The van der Waals surface area contributed by atoms with Gasteiger partial charge in [0, 0.05) is 18.5 Å². The highest BCUT2D eigenvalue weighted by atomic mass is 32.2. The van der Waals surface area contributed by atoms with Gasteiger partial charge in [-0.1, -0.05) is 60.3 Å². The Morgan fingerprint density at radius 2 is 1.93 bits per heavy atom. The first-order valence-corrected chi connectivity index (χ1v) is 10.2. The second-order valence-corrected chi connectivity index (χ2v) is 7.94. The van der Waals surface area contributed by atoms with Crippen LogP contribution < -0.4 is 5.32 Å². The van der Waals surface area contributed by atoms with Crippen molar-refractivity contribution in [1.29, 1.82) is 0 Å². The number of nitrogens with zero attached hydrogens (tertiary/aromatic N) is 2. The summed E-state index contributed by atoms with van der Waals surface area (Å²) in [5, 5.41) is 3.98. The van der Waals surface area contributed by atoms with Crippen LogP contribution in [-0.4, -0.2) is 27.8 Å². The maximum atomic E-state index is 12.4. The SMILES string of the molecule is C=CCn1c(SCC(=O)NCC2(c3ccccc3)CC2)nc2ccccc21. The van der Waals surface area contributed by atoms with Crippen LogP contribution in [0.15, 0.2) is 72.4 Å². The van der Waals surface area contributed by atoms with Crippen molar-refractivity contribution in [3.63, 3.8) is 0 Å². The Bertz CT molecular complexity index is 960. The lowest BCUT2D eigenvalue weighted by atomic mass is 9.96. The van der Waals surface area contributed by atoms with E-state index in [0.29, 0.717) is 18.8 Å². The van der Waals surface area contributed by atoms with Crippen molar-refractivity contribution >= 4 is 28.7 Å². The van der Waals surface area contributed by atoms with Crippen molar-refractivity contribution in [3.8, 4) is 0 Å². The molecule has 0 aliphatic heterocycles. The summed E-state index contributed by atoms with van der Waals surface area (Å²) in [6.07, 6.45) is 4.13. The molecule has 4 rings (SSSR count). The zero-order valence-corrected chi connectivity index (χ0v) is 16.0. The number of benzene rings is 2. The summed E-state index contributed by atoms with van der Waals surface area (Å²) in [7, 11) is 0. The number of thioether (sulfide) groups is 1. The van der Waals surface area contributed by atoms with E-state index in [-0.39, 0.29) is 11.3 Å². The highest BCUT2D eigenvalue weighted by molar-refractivity contribution is 7.99. The molecule has 4 nitrogen and oxygen atoms in total. The molecule has 27 heavy (non-hydrogen) atoms. The molecule has 1 heterocycles. The van der Waals surface area contributed by atoms with E-state index in [9.17, 15) is 4.79 Å². The molecule has 0 unspecified atom stereocenters. The number of rotatable bonds is 8. The average molecular weight is 378 g/mol. The van der Waals surface area contributed by atoms with Gasteiger partial charge in [-0.25, -0.2) is 4.98 Å². The van der Waals surface area contributed by atoms with Crippen LogP contribution >= 0.6 is 11.8 Å². The number of nitrogens with one attached hydrogen (secondary N) is 1. The second-order valence-electron chi connectivity index (χ2n) is 6.99. The molecule has 5 heteroatoms. The molecule has 0 bridgehead atoms. The lowest BCUT2D eigenvalue weighted by molar-refractivity contribution is -0.118. The van der Waals surface area contributed by atoms with E-state index in [2.05, 4.69) is 45.7 Å². The summed E-state index contributed by atoms with van der Waals surface area (Å²) in [6, 6.07) is 18.5. The van der Waals surface area contributed by atoms with Gasteiger partial charge in [0.1, 0.15) is 0 Å². The molecule has 138 valence electrons. The fourth-order valence-corrected chi connectivity index (χ4v) is 4.28. The van der Waals surface area contributed by atoms with Gasteiger partial charge < -0.3 is 9.88 Å². The summed E-state index contributed by atoms with van der Waals surface area (Å²) >= 11 is 1.48. The molecule has 0 spiro atoms. The maximum Gasteiger partial charge on any atom is 0.230 e. The van der Waals surface area contributed by atoms with Gasteiger partial charge in [-0.3, -0.25) is 4.79 Å². The molecule has 0 radical (unpaired) electrons. The molecule has 1 aliphatic rings. The fourth-order valence-electron chi connectivity index (χ4n) is 3.43. The van der Waals surface area contributed by atoms with Gasteiger partial charge in [0.15, 0.2) is 5.16 Å². The molecule has 3 aromatic rings. The smallest absolute Gasteiger partial charge is 0.230 e. The lowest BCUT2D eigenvalue weighted by Crippen LogP contribution is -2.33. The quantitative estimate of drug-likeness (QED) is 0.474. The van der Waals surface area contributed by atoms with Crippen LogP contribution in [0.3, 0.4) is 0 Å². The normalized spacial score (nSPS) is 14.8. The highest BCUT2D eigenvalue weighted by Crippen LogP contribution is 2.47. The van der Waals surface area contributed by atoms with Crippen molar-refractivity contribution in [2.45, 2.75) is 30.0 Å². The topological polar surface area (TPSA) is 46.9 Å². The van der Waals surface area contributed by atoms with Gasteiger partial charge in [-0.05, 0) is 30.5 Å². The Labute approximate surface area is 163 Å². The standard InChI is InChI=1S/C22H23N3OS/c1-2-14-25-19-11-7-6-10-18(19)24-21(25)27-15-20(26)23-16-22(12-13-22)17-8-4-3-5-9-17/h2-11H,1,12-16H2,(H,23,26). The Morgan fingerprint density at radius 3 is 2.67 bits per heavy atom. The fraction of sp³-hybridized carbons (Fsp3) is 0.273. The summed E-state index contributed by atoms with van der Waals surface area (Å²) in [4.78, 5) is 17.1. The van der Waals surface area contributed by atoms with Crippen LogP contribution in [-0.2, 0) is 16.8 Å². The van der Waals surface area contributed by atoms with Crippen molar-refractivity contribution in [3.05, 3.63) is 72.8 Å². The second kappa shape index (κ2) is 7.61. The van der Waals surface area contributed by atoms with Crippen LogP contribution in [0.2, 0.25) is 0 Å². The molecule has 1 aliphatic carbocycles. The van der Waals surface area contributed by atoms with Gasteiger partial charge in [-0.15, -0.1) is 6.58 Å². The van der Waals surface area contributed by atoms with Gasteiger partial charge >= 0.3 is 0 Å². The molecule has 0 saturated heterocycles.